The molecule has 0 aromatic heterocycles. The van der Waals surface area contributed by atoms with Crippen LogP contribution in [0.4, 0.5) is 0 Å². The fraction of sp³-hybridized carbons (Fsp3) is 0.650. The zero-order valence-electron chi connectivity index (χ0n) is 14.4. The highest BCUT2D eigenvalue weighted by molar-refractivity contribution is 5.90. The molecule has 1 aromatic rings. The van der Waals surface area contributed by atoms with Gasteiger partial charge in [-0.15, -0.1) is 0 Å². The SMILES string of the molecule is CC1N(CC2CC2)C2CC34c5c2ccc(O)c5OC3C(=O)CCC14O. The van der Waals surface area contributed by atoms with Crippen LogP contribution in [0.25, 0.3) is 0 Å². The van der Waals surface area contributed by atoms with E-state index in [9.17, 15) is 15.0 Å². The van der Waals surface area contributed by atoms with Crippen molar-refractivity contribution in [3.05, 3.63) is 23.3 Å². The third-order valence-electron chi connectivity index (χ3n) is 7.75. The number of fused-ring (bicyclic) bond motifs is 2. The van der Waals surface area contributed by atoms with E-state index in [2.05, 4.69) is 11.8 Å². The smallest absolute Gasteiger partial charge is 0.174 e. The van der Waals surface area contributed by atoms with Crippen LogP contribution in [-0.4, -0.2) is 45.2 Å². The summed E-state index contributed by atoms with van der Waals surface area (Å²) >= 11 is 0. The van der Waals surface area contributed by atoms with E-state index in [1.165, 1.54) is 12.8 Å². The normalized spacial score (nSPS) is 43.9. The molecule has 2 aliphatic heterocycles. The predicted molar refractivity (Wildman–Crippen MR) is 89.6 cm³/mol. The number of hydrogen-bond acceptors (Lipinski definition) is 5. The van der Waals surface area contributed by atoms with Crippen molar-refractivity contribution in [3.63, 3.8) is 0 Å². The summed E-state index contributed by atoms with van der Waals surface area (Å²) in [7, 11) is 0. The van der Waals surface area contributed by atoms with Gasteiger partial charge in [-0.3, -0.25) is 9.69 Å². The molecule has 3 fully saturated rings. The zero-order chi connectivity index (χ0) is 17.1. The number of rotatable bonds is 2. The van der Waals surface area contributed by atoms with Gasteiger partial charge >= 0.3 is 0 Å². The summed E-state index contributed by atoms with van der Waals surface area (Å²) in [5.74, 6) is 1.33. The number of Topliss-reactive ketones (excluding diaryl/α,β-unsaturated/α-hetero) is 1. The number of aliphatic hydroxyl groups is 1. The van der Waals surface area contributed by atoms with Gasteiger partial charge in [-0.05, 0) is 50.2 Å². The lowest BCUT2D eigenvalue weighted by Crippen LogP contribution is -2.72. The lowest BCUT2D eigenvalue weighted by atomic mass is 9.55. The summed E-state index contributed by atoms with van der Waals surface area (Å²) in [5, 5.41) is 22.3. The molecule has 1 aromatic carbocycles. The van der Waals surface area contributed by atoms with E-state index in [0.29, 0.717) is 18.6 Å². The molecule has 132 valence electrons. The van der Waals surface area contributed by atoms with Gasteiger partial charge < -0.3 is 14.9 Å². The van der Waals surface area contributed by atoms with E-state index in [4.69, 9.17) is 4.74 Å². The van der Waals surface area contributed by atoms with E-state index in [1.54, 1.807) is 6.07 Å². The standard InChI is InChI=1S/C20H23NO4/c1-10-20(24)7-6-15(23)18-19(20)8-13(21(10)9-11-2-3-11)12-4-5-14(22)17(25-18)16(12)19/h4-5,10-11,13,18,22,24H,2-3,6-9H2,1H3. The molecule has 5 aliphatic rings. The Kier molecular flexibility index (Phi) is 2.45. The molecule has 0 amide bonds. The number of ketones is 1. The van der Waals surface area contributed by atoms with Crippen molar-refractivity contribution in [2.24, 2.45) is 5.92 Å². The lowest BCUT2D eigenvalue weighted by molar-refractivity contribution is -0.186. The first-order valence-corrected chi connectivity index (χ1v) is 9.51. The van der Waals surface area contributed by atoms with Gasteiger partial charge in [0, 0.05) is 30.6 Å². The van der Waals surface area contributed by atoms with Crippen molar-refractivity contribution in [1.82, 2.24) is 4.90 Å². The quantitative estimate of drug-likeness (QED) is 0.861. The van der Waals surface area contributed by atoms with E-state index >= 15 is 0 Å². The second-order valence-electron chi connectivity index (χ2n) is 8.77. The van der Waals surface area contributed by atoms with Crippen molar-refractivity contribution in [1.29, 1.82) is 0 Å². The second kappa shape index (κ2) is 4.21. The maximum Gasteiger partial charge on any atom is 0.174 e. The molecular formula is C20H23NO4. The van der Waals surface area contributed by atoms with Crippen LogP contribution in [-0.2, 0) is 10.2 Å². The lowest BCUT2D eigenvalue weighted by Gasteiger charge is -2.58. The Labute approximate surface area is 146 Å². The molecule has 2 bridgehead atoms. The van der Waals surface area contributed by atoms with Crippen LogP contribution in [0.15, 0.2) is 12.1 Å². The summed E-state index contributed by atoms with van der Waals surface area (Å²) in [5.41, 5.74) is 0.397. The molecule has 1 spiro atoms. The number of ether oxygens (including phenoxy) is 1. The van der Waals surface area contributed by atoms with Gasteiger partial charge in [-0.25, -0.2) is 0 Å². The topological polar surface area (TPSA) is 70.0 Å². The summed E-state index contributed by atoms with van der Waals surface area (Å²) < 4.78 is 6.01. The van der Waals surface area contributed by atoms with Crippen LogP contribution < -0.4 is 4.74 Å². The molecule has 5 unspecified atom stereocenters. The Morgan fingerprint density at radius 3 is 2.92 bits per heavy atom. The maximum atomic E-state index is 12.7. The first-order valence-electron chi connectivity index (χ1n) is 9.51. The molecule has 2 heterocycles. The number of aromatic hydroxyl groups is 1. The molecule has 6 rings (SSSR count). The molecule has 5 atom stereocenters. The first-order chi connectivity index (χ1) is 12.0. The Morgan fingerprint density at radius 1 is 1.36 bits per heavy atom. The molecular weight excluding hydrogens is 318 g/mol. The molecule has 3 aliphatic carbocycles. The summed E-state index contributed by atoms with van der Waals surface area (Å²) in [6.45, 7) is 3.13. The average Bonchev–Trinajstić information content (AvgIpc) is 3.25. The van der Waals surface area contributed by atoms with Crippen LogP contribution in [0.5, 0.6) is 11.5 Å². The first kappa shape index (κ1) is 14.6. The largest absolute Gasteiger partial charge is 0.504 e. The van der Waals surface area contributed by atoms with E-state index < -0.39 is 17.1 Å². The summed E-state index contributed by atoms with van der Waals surface area (Å²) in [4.78, 5) is 15.2. The Balaban J connectivity index is 1.63. The van der Waals surface area contributed by atoms with E-state index in [-0.39, 0.29) is 23.6 Å². The van der Waals surface area contributed by atoms with Crippen LogP contribution in [0.2, 0.25) is 0 Å². The number of carbonyl (C=O) groups excluding carboxylic acids is 1. The highest BCUT2D eigenvalue weighted by atomic mass is 16.5. The van der Waals surface area contributed by atoms with Crippen molar-refractivity contribution in [2.45, 2.75) is 68.2 Å². The van der Waals surface area contributed by atoms with Crippen LogP contribution >= 0.6 is 0 Å². The minimum absolute atomic E-state index is 0.0217. The minimum atomic E-state index is -0.985. The molecule has 5 nitrogen and oxygen atoms in total. The number of benzene rings is 1. The van der Waals surface area contributed by atoms with Gasteiger partial charge in [0.15, 0.2) is 23.4 Å². The van der Waals surface area contributed by atoms with Crippen molar-refractivity contribution >= 4 is 5.78 Å². The number of piperidine rings is 1. The number of hydrogen-bond donors (Lipinski definition) is 2. The summed E-state index contributed by atoms with van der Waals surface area (Å²) in [6, 6.07) is 3.86. The van der Waals surface area contributed by atoms with Crippen molar-refractivity contribution in [2.75, 3.05) is 6.54 Å². The second-order valence-corrected chi connectivity index (χ2v) is 8.77. The van der Waals surface area contributed by atoms with Crippen LogP contribution in [0, 0.1) is 5.92 Å². The number of phenols is 1. The fourth-order valence-corrected chi connectivity index (χ4v) is 6.35. The highest BCUT2D eigenvalue weighted by Gasteiger charge is 2.75. The van der Waals surface area contributed by atoms with E-state index in [0.717, 1.165) is 30.0 Å². The molecule has 1 saturated heterocycles. The molecule has 5 heteroatoms. The molecule has 25 heavy (non-hydrogen) atoms. The predicted octanol–water partition coefficient (Wildman–Crippen LogP) is 2.04. The Hall–Kier alpha value is -1.59. The van der Waals surface area contributed by atoms with Crippen molar-refractivity contribution in [3.8, 4) is 11.5 Å². The number of likely N-dealkylation sites (tertiary alicyclic amines) is 1. The van der Waals surface area contributed by atoms with Gasteiger partial charge in [0.25, 0.3) is 0 Å². The molecule has 2 N–H and O–H groups in total. The number of nitrogens with zero attached hydrogens (tertiary/aromatic N) is 1. The summed E-state index contributed by atoms with van der Waals surface area (Å²) in [6.07, 6.45) is 3.45. The zero-order valence-corrected chi connectivity index (χ0v) is 14.4. The monoisotopic (exact) mass is 341 g/mol. The third-order valence-corrected chi connectivity index (χ3v) is 7.75. The minimum Gasteiger partial charge on any atom is -0.504 e. The van der Waals surface area contributed by atoms with Gasteiger partial charge in [0.1, 0.15) is 0 Å². The average molecular weight is 341 g/mol. The van der Waals surface area contributed by atoms with Crippen molar-refractivity contribution < 1.29 is 19.7 Å². The van der Waals surface area contributed by atoms with Crippen LogP contribution in [0.1, 0.15) is 56.2 Å². The van der Waals surface area contributed by atoms with Gasteiger partial charge in [-0.2, -0.15) is 0 Å². The highest BCUT2D eigenvalue weighted by Crippen LogP contribution is 2.69. The molecule has 2 saturated carbocycles. The number of carbonyl (C=O) groups is 1. The Morgan fingerprint density at radius 2 is 2.16 bits per heavy atom. The van der Waals surface area contributed by atoms with Gasteiger partial charge in [0.05, 0.1) is 11.0 Å². The maximum absolute atomic E-state index is 12.7. The third kappa shape index (κ3) is 1.44. The molecule has 0 radical (unpaired) electrons. The Bertz CT molecular complexity index is 818. The number of phenolic OH excluding ortho intramolecular Hbond substituents is 1. The fourth-order valence-electron chi connectivity index (χ4n) is 6.35. The van der Waals surface area contributed by atoms with Gasteiger partial charge in [0.2, 0.25) is 0 Å². The van der Waals surface area contributed by atoms with Gasteiger partial charge in [-0.1, -0.05) is 6.07 Å². The van der Waals surface area contributed by atoms with Crippen LogP contribution in [0.3, 0.4) is 0 Å². The van der Waals surface area contributed by atoms with E-state index in [1.807, 2.05) is 6.07 Å².